The number of Topliss-reactive ketones (excluding diaryl/α,β-unsaturated/α-hetero) is 1. The molecule has 1 aliphatic heterocycles. The number of aromatic nitrogens is 3. The van der Waals surface area contributed by atoms with Crippen LogP contribution in [0.4, 0.5) is 0 Å². The maximum absolute atomic E-state index is 14.7. The first-order valence-electron chi connectivity index (χ1n) is 19.0. The third kappa shape index (κ3) is 7.38. The van der Waals surface area contributed by atoms with E-state index in [1.54, 1.807) is 30.6 Å². The normalized spacial score (nSPS) is 27.6. The van der Waals surface area contributed by atoms with Gasteiger partial charge in [0.05, 0.1) is 60.6 Å². The number of carboxylic acids is 1. The van der Waals surface area contributed by atoms with Crippen LogP contribution in [0.25, 0.3) is 22.3 Å². The number of benzene rings is 1. The van der Waals surface area contributed by atoms with Crippen LogP contribution in [0.1, 0.15) is 84.8 Å². The van der Waals surface area contributed by atoms with Crippen molar-refractivity contribution < 1.29 is 38.5 Å². The molecule has 8 atom stereocenters. The van der Waals surface area contributed by atoms with Crippen LogP contribution < -0.4 is 9.47 Å². The van der Waals surface area contributed by atoms with Crippen molar-refractivity contribution in [3.8, 4) is 22.9 Å². The van der Waals surface area contributed by atoms with E-state index in [4.69, 9.17) is 30.8 Å². The highest BCUT2D eigenvalue weighted by atomic mass is 35.5. The molecule has 4 aliphatic rings. The number of halogens is 1. The van der Waals surface area contributed by atoms with Gasteiger partial charge in [-0.05, 0) is 67.9 Å². The third-order valence-electron chi connectivity index (χ3n) is 12.1. The first-order valence-corrected chi connectivity index (χ1v) is 19.4. The SMILES string of the molecule is CC[C@@H]1C[C@]1(CC(=O)[C@@H]1C[C@@H](Oc2cc(-c3cncc(C)n3)nc3c(Cl)c(OC)ccc23)CN1C(=O)[C@@H](CC(=O)OC1C[C@@H]2C[C@@H]2C1)C(C)(C)C)C(=O)O. The van der Waals surface area contributed by atoms with E-state index >= 15 is 0 Å². The van der Waals surface area contributed by atoms with E-state index in [2.05, 4.69) is 9.97 Å². The molecule has 1 aromatic carbocycles. The topological polar surface area (TPSA) is 158 Å². The summed E-state index contributed by atoms with van der Waals surface area (Å²) < 4.78 is 18.1. The summed E-state index contributed by atoms with van der Waals surface area (Å²) in [7, 11) is 1.52. The second-order valence-corrected chi connectivity index (χ2v) is 17.3. The van der Waals surface area contributed by atoms with Crippen LogP contribution in [0.2, 0.25) is 5.02 Å². The van der Waals surface area contributed by atoms with Crippen molar-refractivity contribution in [2.75, 3.05) is 13.7 Å². The first-order chi connectivity index (χ1) is 25.6. The van der Waals surface area contributed by atoms with E-state index in [0.717, 1.165) is 12.8 Å². The van der Waals surface area contributed by atoms with E-state index < -0.39 is 40.8 Å². The summed E-state index contributed by atoms with van der Waals surface area (Å²) in [5.74, 6) is -0.864. The van der Waals surface area contributed by atoms with Crippen molar-refractivity contribution >= 4 is 46.1 Å². The number of nitrogens with zero attached hydrogens (tertiary/aromatic N) is 4. The fourth-order valence-electron chi connectivity index (χ4n) is 8.81. The number of methoxy groups -OCH3 is 1. The molecular formula is C41H49ClN4O8. The van der Waals surface area contributed by atoms with E-state index in [-0.39, 0.29) is 54.5 Å². The average molecular weight is 761 g/mol. The highest BCUT2D eigenvalue weighted by Gasteiger charge is 2.61. The Labute approximate surface area is 320 Å². The molecule has 0 radical (unpaired) electrons. The van der Waals surface area contributed by atoms with E-state index in [0.29, 0.717) is 64.2 Å². The Kier molecular flexibility index (Phi) is 10.1. The Balaban J connectivity index is 1.21. The molecule has 1 unspecified atom stereocenters. The monoisotopic (exact) mass is 760 g/mol. The quantitative estimate of drug-likeness (QED) is 0.181. The predicted octanol–water partition coefficient (Wildman–Crippen LogP) is 6.86. The van der Waals surface area contributed by atoms with Gasteiger partial charge in [-0.3, -0.25) is 24.2 Å². The Bertz CT molecular complexity index is 1990. The van der Waals surface area contributed by atoms with Crippen molar-refractivity contribution in [1.29, 1.82) is 0 Å². The lowest BCUT2D eigenvalue weighted by molar-refractivity contribution is -0.157. The van der Waals surface area contributed by atoms with E-state index in [1.807, 2.05) is 34.6 Å². The molecule has 1 amide bonds. The summed E-state index contributed by atoms with van der Waals surface area (Å²) in [4.78, 5) is 70.0. The van der Waals surface area contributed by atoms with Crippen LogP contribution in [0, 0.1) is 41.4 Å². The van der Waals surface area contributed by atoms with Gasteiger partial charge < -0.3 is 24.2 Å². The molecule has 288 valence electrons. The van der Waals surface area contributed by atoms with Gasteiger partial charge in [0.15, 0.2) is 5.78 Å². The second kappa shape index (κ2) is 14.4. The number of fused-ring (bicyclic) bond motifs is 2. The Morgan fingerprint density at radius 2 is 1.76 bits per heavy atom. The standard InChI is InChI=1S/C41H49ClN4O8/c1-7-24-16-41(24,39(50)51)17-32(47)31-13-26(20-46(31)38(49)28(40(3,4)5)14-35(48)54-25-11-22-10-23(22)12-25)53-34-15-29(30-19-43-18-21(2)44-30)45-37-27(34)8-9-33(52-6)36(37)42/h8-9,15,18-19,22-26,28,31H,7,10-14,16-17,20H2,1-6H3,(H,50,51)/t22-,23+,24-,25?,26-,28-,31+,41-/m1/s1. The summed E-state index contributed by atoms with van der Waals surface area (Å²) in [5, 5.41) is 11.1. The molecule has 54 heavy (non-hydrogen) atoms. The summed E-state index contributed by atoms with van der Waals surface area (Å²) in [6.45, 7) is 9.51. The number of carbonyl (C=O) groups is 4. The second-order valence-electron chi connectivity index (χ2n) is 16.9. The van der Waals surface area contributed by atoms with Crippen molar-refractivity contribution in [3.05, 3.63) is 41.3 Å². The largest absolute Gasteiger partial charge is 0.495 e. The number of esters is 1. The summed E-state index contributed by atoms with van der Waals surface area (Å²) in [6.07, 6.45) is 6.29. The fraction of sp³-hybridized carbons (Fsp3) is 0.585. The first kappa shape index (κ1) is 38.0. The van der Waals surface area contributed by atoms with Gasteiger partial charge in [0.1, 0.15) is 34.4 Å². The predicted molar refractivity (Wildman–Crippen MR) is 200 cm³/mol. The van der Waals surface area contributed by atoms with Crippen molar-refractivity contribution in [2.24, 2.45) is 34.5 Å². The van der Waals surface area contributed by atoms with Crippen LogP contribution >= 0.6 is 11.6 Å². The molecule has 12 nitrogen and oxygen atoms in total. The zero-order chi connectivity index (χ0) is 38.7. The number of pyridine rings is 1. The highest BCUT2D eigenvalue weighted by molar-refractivity contribution is 6.36. The molecule has 1 saturated heterocycles. The lowest BCUT2D eigenvalue weighted by Crippen LogP contribution is -2.48. The number of carboxylic acid groups (broad SMARTS) is 1. The summed E-state index contributed by atoms with van der Waals surface area (Å²) in [6, 6.07) is 4.30. The van der Waals surface area contributed by atoms with Gasteiger partial charge in [0.25, 0.3) is 0 Å². The molecule has 3 aliphatic carbocycles. The smallest absolute Gasteiger partial charge is 0.310 e. The van der Waals surface area contributed by atoms with Crippen LogP contribution in [0.15, 0.2) is 30.6 Å². The number of rotatable bonds is 13. The van der Waals surface area contributed by atoms with Gasteiger partial charge in [-0.25, -0.2) is 9.97 Å². The Morgan fingerprint density at radius 1 is 1.02 bits per heavy atom. The molecule has 1 N–H and O–H groups in total. The number of carbonyl (C=O) groups excluding carboxylic acids is 3. The number of ketones is 1. The summed E-state index contributed by atoms with van der Waals surface area (Å²) >= 11 is 6.79. The fourth-order valence-corrected chi connectivity index (χ4v) is 9.10. The zero-order valence-electron chi connectivity index (χ0n) is 31.8. The molecule has 13 heteroatoms. The molecule has 7 rings (SSSR count). The van der Waals surface area contributed by atoms with Gasteiger partial charge >= 0.3 is 11.9 Å². The molecule has 4 fully saturated rings. The minimum atomic E-state index is -1.14. The number of aliphatic carboxylic acids is 1. The molecular weight excluding hydrogens is 712 g/mol. The molecule has 0 bridgehead atoms. The van der Waals surface area contributed by atoms with Gasteiger partial charge in [0.2, 0.25) is 5.91 Å². The van der Waals surface area contributed by atoms with Crippen LogP contribution in [-0.4, -0.2) is 80.5 Å². The number of hydrogen-bond donors (Lipinski definition) is 1. The van der Waals surface area contributed by atoms with Gasteiger partial charge in [-0.15, -0.1) is 0 Å². The van der Waals surface area contributed by atoms with E-state index in [9.17, 15) is 24.3 Å². The van der Waals surface area contributed by atoms with Crippen LogP contribution in [0.5, 0.6) is 11.5 Å². The maximum Gasteiger partial charge on any atom is 0.310 e. The van der Waals surface area contributed by atoms with Gasteiger partial charge in [-0.1, -0.05) is 45.7 Å². The lowest BCUT2D eigenvalue weighted by atomic mass is 9.77. The number of amides is 1. The lowest BCUT2D eigenvalue weighted by Gasteiger charge is -2.35. The van der Waals surface area contributed by atoms with Gasteiger partial charge in [-0.2, -0.15) is 0 Å². The van der Waals surface area contributed by atoms with Crippen molar-refractivity contribution in [3.63, 3.8) is 0 Å². The molecule has 0 spiro atoms. The molecule has 3 aromatic rings. The number of ether oxygens (including phenoxy) is 3. The Morgan fingerprint density at radius 3 is 2.39 bits per heavy atom. The number of aryl methyl sites for hydroxylation is 1. The van der Waals surface area contributed by atoms with Gasteiger partial charge in [0, 0.05) is 30.5 Å². The average Bonchev–Trinajstić information content (AvgIpc) is 3.93. The Hall–Kier alpha value is -4.32. The molecule has 2 aromatic heterocycles. The highest BCUT2D eigenvalue weighted by Crippen LogP contribution is 2.58. The van der Waals surface area contributed by atoms with Crippen molar-refractivity contribution in [2.45, 2.75) is 104 Å². The summed E-state index contributed by atoms with van der Waals surface area (Å²) in [5.41, 5.74) is 0.274. The van der Waals surface area contributed by atoms with Crippen LogP contribution in [0.3, 0.4) is 0 Å². The minimum Gasteiger partial charge on any atom is -0.495 e. The molecule has 3 heterocycles. The van der Waals surface area contributed by atoms with Crippen LogP contribution in [-0.2, 0) is 23.9 Å². The molecule has 3 saturated carbocycles. The zero-order valence-corrected chi connectivity index (χ0v) is 32.5. The number of hydrogen-bond acceptors (Lipinski definition) is 10. The van der Waals surface area contributed by atoms with Crippen molar-refractivity contribution in [1.82, 2.24) is 19.9 Å². The maximum atomic E-state index is 14.7. The minimum absolute atomic E-state index is 0.0490. The number of likely N-dealkylation sites (tertiary alicyclic amines) is 1. The third-order valence-corrected chi connectivity index (χ3v) is 12.5. The van der Waals surface area contributed by atoms with E-state index in [1.165, 1.54) is 18.4 Å².